The fraction of sp³-hybridized carbons (Fsp3) is 0.417. The second-order valence-corrected chi connectivity index (χ2v) is 4.59. The Morgan fingerprint density at radius 2 is 1.95 bits per heavy atom. The molecule has 1 saturated heterocycles. The maximum absolute atomic E-state index is 11.0. The summed E-state index contributed by atoms with van der Waals surface area (Å²) in [5, 5.41) is 25.8. The third-order valence-electron chi connectivity index (χ3n) is 3.20. The zero-order valence-electron chi connectivity index (χ0n) is 11.9. The van der Waals surface area contributed by atoms with E-state index in [9.17, 15) is 20.2 Å². The van der Waals surface area contributed by atoms with Gasteiger partial charge in [0.2, 0.25) is 0 Å². The lowest BCUT2D eigenvalue weighted by atomic mass is 10.2. The number of non-ortho nitro benzene ring substituents is 1. The summed E-state index contributed by atoms with van der Waals surface area (Å²) < 4.78 is 5.23. The number of nitro groups is 2. The third kappa shape index (κ3) is 3.67. The number of morpholine rings is 1. The van der Waals surface area contributed by atoms with E-state index in [2.05, 4.69) is 10.5 Å². The topological polar surface area (TPSA) is 123 Å². The number of benzene rings is 1. The van der Waals surface area contributed by atoms with Crippen LogP contribution in [0.15, 0.2) is 23.3 Å². The van der Waals surface area contributed by atoms with Gasteiger partial charge >= 0.3 is 5.69 Å². The average molecular weight is 309 g/mol. The molecule has 0 saturated carbocycles. The van der Waals surface area contributed by atoms with E-state index in [0.717, 1.165) is 6.07 Å². The average Bonchev–Trinajstić information content (AvgIpc) is 2.53. The Kier molecular flexibility index (Phi) is 4.84. The zero-order valence-corrected chi connectivity index (χ0v) is 11.9. The van der Waals surface area contributed by atoms with Crippen LogP contribution in [0.2, 0.25) is 0 Å². The summed E-state index contributed by atoms with van der Waals surface area (Å²) in [5.41, 5.74) is 1.96. The highest BCUT2D eigenvalue weighted by Gasteiger charge is 2.19. The predicted molar refractivity (Wildman–Crippen MR) is 78.9 cm³/mol. The van der Waals surface area contributed by atoms with Crippen LogP contribution in [0.4, 0.5) is 17.1 Å². The van der Waals surface area contributed by atoms with Crippen molar-refractivity contribution in [2.75, 3.05) is 31.7 Å². The molecule has 2 rings (SSSR count). The summed E-state index contributed by atoms with van der Waals surface area (Å²) in [6.45, 7) is 4.36. The lowest BCUT2D eigenvalue weighted by molar-refractivity contribution is -0.393. The van der Waals surface area contributed by atoms with Crippen molar-refractivity contribution >= 4 is 22.9 Å². The summed E-state index contributed by atoms with van der Waals surface area (Å²) in [6, 6.07) is 3.36. The van der Waals surface area contributed by atoms with Crippen LogP contribution in [-0.4, -0.2) is 46.9 Å². The number of anilines is 1. The van der Waals surface area contributed by atoms with Crippen molar-refractivity contribution in [3.05, 3.63) is 38.4 Å². The van der Waals surface area contributed by atoms with Crippen molar-refractivity contribution in [1.82, 2.24) is 4.90 Å². The molecule has 0 radical (unpaired) electrons. The first-order valence-electron chi connectivity index (χ1n) is 6.55. The highest BCUT2D eigenvalue weighted by Crippen LogP contribution is 2.28. The number of ether oxygens (including phenoxy) is 1. The molecule has 1 aliphatic heterocycles. The van der Waals surface area contributed by atoms with Crippen LogP contribution in [0.25, 0.3) is 0 Å². The van der Waals surface area contributed by atoms with Crippen molar-refractivity contribution < 1.29 is 14.6 Å². The lowest BCUT2D eigenvalue weighted by Crippen LogP contribution is -2.39. The summed E-state index contributed by atoms with van der Waals surface area (Å²) in [6.07, 6.45) is 0. The fourth-order valence-corrected chi connectivity index (χ4v) is 1.98. The first-order valence-corrected chi connectivity index (χ1v) is 6.55. The molecule has 0 unspecified atom stereocenters. The van der Waals surface area contributed by atoms with Gasteiger partial charge in [-0.3, -0.25) is 25.7 Å². The molecule has 0 bridgehead atoms. The number of amidine groups is 1. The van der Waals surface area contributed by atoms with Gasteiger partial charge in [-0.05, 0) is 13.0 Å². The first kappa shape index (κ1) is 15.6. The first-order chi connectivity index (χ1) is 10.5. The maximum Gasteiger partial charge on any atom is 0.301 e. The van der Waals surface area contributed by atoms with Gasteiger partial charge in [0.1, 0.15) is 11.5 Å². The van der Waals surface area contributed by atoms with E-state index in [1.165, 1.54) is 12.1 Å². The second-order valence-electron chi connectivity index (χ2n) is 4.59. The van der Waals surface area contributed by atoms with Gasteiger partial charge < -0.3 is 9.64 Å². The Morgan fingerprint density at radius 1 is 1.27 bits per heavy atom. The molecule has 0 amide bonds. The van der Waals surface area contributed by atoms with Crippen LogP contribution in [0.5, 0.6) is 0 Å². The lowest BCUT2D eigenvalue weighted by Gasteiger charge is -2.28. The second kappa shape index (κ2) is 6.80. The van der Waals surface area contributed by atoms with Gasteiger partial charge in [0.15, 0.2) is 0 Å². The minimum atomic E-state index is -0.686. The van der Waals surface area contributed by atoms with E-state index in [1.54, 1.807) is 6.92 Å². The molecule has 1 aromatic rings. The number of hydrazone groups is 1. The normalized spacial score (nSPS) is 15.5. The monoisotopic (exact) mass is 309 g/mol. The van der Waals surface area contributed by atoms with Gasteiger partial charge in [0.25, 0.3) is 5.69 Å². The number of nitrogens with zero attached hydrogens (tertiary/aromatic N) is 4. The molecule has 1 N–H and O–H groups in total. The van der Waals surface area contributed by atoms with Crippen LogP contribution in [0.1, 0.15) is 6.92 Å². The minimum absolute atomic E-state index is 0.100. The zero-order chi connectivity index (χ0) is 16.1. The molecular formula is C12H15N5O5. The largest absolute Gasteiger partial charge is 0.378 e. The van der Waals surface area contributed by atoms with Crippen molar-refractivity contribution in [3.8, 4) is 0 Å². The molecule has 0 aromatic heterocycles. The summed E-state index contributed by atoms with van der Waals surface area (Å²) in [7, 11) is 0. The van der Waals surface area contributed by atoms with Crippen LogP contribution in [0.3, 0.4) is 0 Å². The Labute approximate surface area is 125 Å². The van der Waals surface area contributed by atoms with E-state index in [1.807, 2.05) is 4.90 Å². The molecule has 1 heterocycles. The summed E-state index contributed by atoms with van der Waals surface area (Å²) in [4.78, 5) is 22.3. The van der Waals surface area contributed by atoms with Gasteiger partial charge in [0.05, 0.1) is 29.1 Å². The SMILES string of the molecule is C/C(=N/Nc1ccc([N+](=O)[O-])cc1[N+](=O)[O-])N1CCOCC1. The molecule has 0 spiro atoms. The Bertz CT molecular complexity index is 612. The number of hydrogen-bond acceptors (Lipinski definition) is 7. The third-order valence-corrected chi connectivity index (χ3v) is 3.20. The van der Waals surface area contributed by atoms with Gasteiger partial charge in [-0.25, -0.2) is 0 Å². The van der Waals surface area contributed by atoms with Crippen LogP contribution in [0, 0.1) is 20.2 Å². The van der Waals surface area contributed by atoms with Gasteiger partial charge in [-0.1, -0.05) is 0 Å². The summed E-state index contributed by atoms with van der Waals surface area (Å²) in [5.74, 6) is 0.663. The van der Waals surface area contributed by atoms with E-state index in [-0.39, 0.29) is 11.4 Å². The quantitative estimate of drug-likeness (QED) is 0.387. The number of nitrogens with one attached hydrogen (secondary N) is 1. The molecule has 10 heteroatoms. The molecular weight excluding hydrogens is 294 g/mol. The molecule has 0 aliphatic carbocycles. The number of rotatable bonds is 4. The minimum Gasteiger partial charge on any atom is -0.378 e. The molecule has 0 atom stereocenters. The molecule has 10 nitrogen and oxygen atoms in total. The molecule has 1 fully saturated rings. The van der Waals surface area contributed by atoms with E-state index >= 15 is 0 Å². The van der Waals surface area contributed by atoms with Crippen molar-refractivity contribution in [3.63, 3.8) is 0 Å². The Morgan fingerprint density at radius 3 is 2.55 bits per heavy atom. The van der Waals surface area contributed by atoms with Gasteiger partial charge in [-0.15, -0.1) is 0 Å². The molecule has 1 aliphatic rings. The molecule has 1 aromatic carbocycles. The smallest absolute Gasteiger partial charge is 0.301 e. The van der Waals surface area contributed by atoms with Crippen LogP contribution < -0.4 is 5.43 Å². The van der Waals surface area contributed by atoms with E-state index in [0.29, 0.717) is 32.1 Å². The van der Waals surface area contributed by atoms with Crippen molar-refractivity contribution in [2.24, 2.45) is 5.10 Å². The maximum atomic E-state index is 11.0. The fourth-order valence-electron chi connectivity index (χ4n) is 1.98. The predicted octanol–water partition coefficient (Wildman–Crippen LogP) is 1.58. The van der Waals surface area contributed by atoms with Gasteiger partial charge in [-0.2, -0.15) is 5.10 Å². The standard InChI is InChI=1S/C12H15N5O5/c1-9(15-4-6-22-7-5-15)13-14-11-3-2-10(16(18)19)8-12(11)17(20)21/h2-3,8,14H,4-7H2,1H3/b13-9-. The Balaban J connectivity index is 2.17. The summed E-state index contributed by atoms with van der Waals surface area (Å²) >= 11 is 0. The van der Waals surface area contributed by atoms with Crippen molar-refractivity contribution in [2.45, 2.75) is 6.92 Å². The number of nitro benzene ring substituents is 2. The molecule has 22 heavy (non-hydrogen) atoms. The highest BCUT2D eigenvalue weighted by atomic mass is 16.6. The van der Waals surface area contributed by atoms with Crippen molar-refractivity contribution in [1.29, 1.82) is 0 Å². The van der Waals surface area contributed by atoms with E-state index < -0.39 is 15.5 Å². The van der Waals surface area contributed by atoms with E-state index in [4.69, 9.17) is 4.74 Å². The number of hydrogen-bond donors (Lipinski definition) is 1. The van der Waals surface area contributed by atoms with Crippen LogP contribution >= 0.6 is 0 Å². The van der Waals surface area contributed by atoms with Gasteiger partial charge in [0, 0.05) is 19.2 Å². The van der Waals surface area contributed by atoms with Crippen LogP contribution in [-0.2, 0) is 4.74 Å². The molecule has 118 valence electrons. The Hall–Kier alpha value is -2.75. The highest BCUT2D eigenvalue weighted by molar-refractivity contribution is 5.81.